The first-order valence-corrected chi connectivity index (χ1v) is 6.42. The first kappa shape index (κ1) is 16.8. The number of hydrogen-bond donors (Lipinski definition) is 3. The van der Waals surface area contributed by atoms with Crippen molar-refractivity contribution in [2.45, 2.75) is 13.3 Å². The van der Waals surface area contributed by atoms with Crippen LogP contribution in [-0.2, 0) is 4.79 Å². The van der Waals surface area contributed by atoms with Crippen LogP contribution >= 0.6 is 24.0 Å². The molecule has 2 amide bonds. The van der Waals surface area contributed by atoms with Gasteiger partial charge in [-0.3, -0.25) is 9.59 Å². The van der Waals surface area contributed by atoms with Crippen molar-refractivity contribution in [3.05, 3.63) is 28.8 Å². The Morgan fingerprint density at radius 2 is 2.15 bits per heavy atom. The van der Waals surface area contributed by atoms with Gasteiger partial charge >= 0.3 is 0 Å². The van der Waals surface area contributed by atoms with Gasteiger partial charge in [0.1, 0.15) is 0 Å². The molecule has 0 saturated carbocycles. The number of nitrogens with one attached hydrogen (secondary N) is 2. The standard InChI is InChI=1S/C13H16ClN3O2.ClH/c1-13(4-5-16-7-13)12(19)17-8-2-3-9(11(15)18)10(14)6-8;/h2-3,6,16H,4-5,7H2,1H3,(H2,15,18)(H,17,19);1H. The molecule has 1 aromatic carbocycles. The highest BCUT2D eigenvalue weighted by molar-refractivity contribution is 6.34. The Kier molecular flexibility index (Phi) is 5.39. The van der Waals surface area contributed by atoms with Crippen molar-refractivity contribution in [1.82, 2.24) is 5.32 Å². The highest BCUT2D eigenvalue weighted by Gasteiger charge is 2.36. The Balaban J connectivity index is 0.00000200. The molecule has 2 rings (SSSR count). The third-order valence-electron chi connectivity index (χ3n) is 3.41. The molecule has 0 spiro atoms. The van der Waals surface area contributed by atoms with Crippen LogP contribution in [-0.4, -0.2) is 24.9 Å². The number of primary amides is 1. The number of carbonyl (C=O) groups is 2. The predicted octanol–water partition coefficient (Wildman–Crippen LogP) is 1.80. The molecule has 110 valence electrons. The molecule has 0 bridgehead atoms. The highest BCUT2D eigenvalue weighted by Crippen LogP contribution is 2.27. The van der Waals surface area contributed by atoms with E-state index in [0.29, 0.717) is 12.2 Å². The minimum absolute atomic E-state index is 0. The van der Waals surface area contributed by atoms with Crippen LogP contribution < -0.4 is 16.4 Å². The fourth-order valence-electron chi connectivity index (χ4n) is 2.09. The van der Waals surface area contributed by atoms with Crippen molar-refractivity contribution >= 4 is 41.5 Å². The van der Waals surface area contributed by atoms with E-state index in [4.69, 9.17) is 17.3 Å². The zero-order valence-electron chi connectivity index (χ0n) is 11.0. The Morgan fingerprint density at radius 3 is 2.65 bits per heavy atom. The third kappa shape index (κ3) is 3.42. The SMILES string of the molecule is CC1(C(=O)Nc2ccc(C(N)=O)c(Cl)c2)CCNC1.Cl. The van der Waals surface area contributed by atoms with Gasteiger partial charge in [-0.25, -0.2) is 0 Å². The van der Waals surface area contributed by atoms with Gasteiger partial charge < -0.3 is 16.4 Å². The van der Waals surface area contributed by atoms with E-state index in [1.165, 1.54) is 12.1 Å². The van der Waals surface area contributed by atoms with E-state index >= 15 is 0 Å². The Labute approximate surface area is 128 Å². The number of hydrogen-bond acceptors (Lipinski definition) is 3. The predicted molar refractivity (Wildman–Crippen MR) is 81.4 cm³/mol. The molecule has 1 aliphatic heterocycles. The first-order chi connectivity index (χ1) is 8.92. The Morgan fingerprint density at radius 1 is 1.45 bits per heavy atom. The number of amides is 2. The van der Waals surface area contributed by atoms with E-state index in [2.05, 4.69) is 10.6 Å². The summed E-state index contributed by atoms with van der Waals surface area (Å²) in [4.78, 5) is 23.2. The van der Waals surface area contributed by atoms with Gasteiger partial charge in [0, 0.05) is 12.2 Å². The molecule has 1 aliphatic rings. The Hall–Kier alpha value is -1.30. The molecule has 1 unspecified atom stereocenters. The van der Waals surface area contributed by atoms with Crippen LogP contribution in [0.5, 0.6) is 0 Å². The molecule has 20 heavy (non-hydrogen) atoms. The zero-order valence-corrected chi connectivity index (χ0v) is 12.6. The van der Waals surface area contributed by atoms with Crippen LogP contribution in [0.3, 0.4) is 0 Å². The number of anilines is 1. The molecule has 0 aromatic heterocycles. The van der Waals surface area contributed by atoms with E-state index in [-0.39, 0.29) is 28.9 Å². The van der Waals surface area contributed by atoms with Crippen LogP contribution in [0.1, 0.15) is 23.7 Å². The minimum atomic E-state index is -0.588. The maximum Gasteiger partial charge on any atom is 0.250 e. The van der Waals surface area contributed by atoms with E-state index in [1.807, 2.05) is 6.92 Å². The normalized spacial score (nSPS) is 21.1. The molecule has 1 atom stereocenters. The summed E-state index contributed by atoms with van der Waals surface area (Å²) in [6.45, 7) is 3.42. The van der Waals surface area contributed by atoms with Gasteiger partial charge in [-0.2, -0.15) is 0 Å². The van der Waals surface area contributed by atoms with Gasteiger partial charge in [0.2, 0.25) is 11.8 Å². The van der Waals surface area contributed by atoms with Crippen molar-refractivity contribution in [3.63, 3.8) is 0 Å². The molecular formula is C13H17Cl2N3O2. The molecule has 1 aromatic rings. The highest BCUT2D eigenvalue weighted by atomic mass is 35.5. The summed E-state index contributed by atoms with van der Waals surface area (Å²) in [7, 11) is 0. The van der Waals surface area contributed by atoms with Crippen LogP contribution in [0.25, 0.3) is 0 Å². The smallest absolute Gasteiger partial charge is 0.250 e. The van der Waals surface area contributed by atoms with Crippen molar-refractivity contribution in [2.24, 2.45) is 11.1 Å². The van der Waals surface area contributed by atoms with Gasteiger partial charge in [0.25, 0.3) is 0 Å². The van der Waals surface area contributed by atoms with Gasteiger partial charge in [0.15, 0.2) is 0 Å². The molecule has 0 aliphatic carbocycles. The van der Waals surface area contributed by atoms with E-state index in [9.17, 15) is 9.59 Å². The van der Waals surface area contributed by atoms with Gasteiger partial charge in [-0.05, 0) is 38.1 Å². The summed E-state index contributed by atoms with van der Waals surface area (Å²) in [5.74, 6) is -0.643. The number of carbonyl (C=O) groups excluding carboxylic acids is 2. The maximum absolute atomic E-state index is 12.2. The largest absolute Gasteiger partial charge is 0.366 e. The fourth-order valence-corrected chi connectivity index (χ4v) is 2.36. The lowest BCUT2D eigenvalue weighted by molar-refractivity contribution is -0.123. The molecule has 7 heteroatoms. The summed E-state index contributed by atoms with van der Waals surface area (Å²) < 4.78 is 0. The summed E-state index contributed by atoms with van der Waals surface area (Å²) in [5.41, 5.74) is 5.57. The van der Waals surface area contributed by atoms with Gasteiger partial charge in [-0.1, -0.05) is 11.6 Å². The lowest BCUT2D eigenvalue weighted by Crippen LogP contribution is -2.35. The summed E-state index contributed by atoms with van der Waals surface area (Å²) >= 11 is 5.94. The average Bonchev–Trinajstić information content (AvgIpc) is 2.77. The topological polar surface area (TPSA) is 84.2 Å². The zero-order chi connectivity index (χ0) is 14.0. The van der Waals surface area contributed by atoms with Crippen molar-refractivity contribution in [1.29, 1.82) is 0 Å². The molecule has 1 heterocycles. The second-order valence-electron chi connectivity index (χ2n) is 5.00. The van der Waals surface area contributed by atoms with Gasteiger partial charge in [0.05, 0.1) is 16.0 Å². The molecule has 1 saturated heterocycles. The van der Waals surface area contributed by atoms with Crippen LogP contribution in [0.2, 0.25) is 5.02 Å². The number of benzene rings is 1. The van der Waals surface area contributed by atoms with Crippen LogP contribution in [0.4, 0.5) is 5.69 Å². The molecule has 5 nitrogen and oxygen atoms in total. The number of rotatable bonds is 3. The maximum atomic E-state index is 12.2. The Bertz CT molecular complexity index is 528. The lowest BCUT2D eigenvalue weighted by Gasteiger charge is -2.21. The molecule has 1 fully saturated rings. The van der Waals surface area contributed by atoms with E-state index in [1.54, 1.807) is 6.07 Å². The van der Waals surface area contributed by atoms with Crippen molar-refractivity contribution in [2.75, 3.05) is 18.4 Å². The van der Waals surface area contributed by atoms with Crippen LogP contribution in [0, 0.1) is 5.41 Å². The first-order valence-electron chi connectivity index (χ1n) is 6.04. The molecule has 0 radical (unpaired) electrons. The molecule has 4 N–H and O–H groups in total. The lowest BCUT2D eigenvalue weighted by atomic mass is 9.89. The number of halogens is 2. The van der Waals surface area contributed by atoms with Crippen molar-refractivity contribution < 1.29 is 9.59 Å². The van der Waals surface area contributed by atoms with Crippen molar-refractivity contribution in [3.8, 4) is 0 Å². The second kappa shape index (κ2) is 6.43. The monoisotopic (exact) mass is 317 g/mol. The quantitative estimate of drug-likeness (QED) is 0.794. The third-order valence-corrected chi connectivity index (χ3v) is 3.72. The second-order valence-corrected chi connectivity index (χ2v) is 5.41. The summed E-state index contributed by atoms with van der Waals surface area (Å²) in [6.07, 6.45) is 0.798. The summed E-state index contributed by atoms with van der Waals surface area (Å²) in [5, 5.41) is 6.22. The summed E-state index contributed by atoms with van der Waals surface area (Å²) in [6, 6.07) is 4.66. The van der Waals surface area contributed by atoms with E-state index in [0.717, 1.165) is 13.0 Å². The number of nitrogens with two attached hydrogens (primary N) is 1. The van der Waals surface area contributed by atoms with Gasteiger partial charge in [-0.15, -0.1) is 12.4 Å². The minimum Gasteiger partial charge on any atom is -0.366 e. The fraction of sp³-hybridized carbons (Fsp3) is 0.385. The molecular weight excluding hydrogens is 301 g/mol. The average molecular weight is 318 g/mol. The van der Waals surface area contributed by atoms with E-state index < -0.39 is 11.3 Å². The van der Waals surface area contributed by atoms with Crippen LogP contribution in [0.15, 0.2) is 18.2 Å².